The lowest BCUT2D eigenvalue weighted by Crippen LogP contribution is -2.25. The molecule has 0 atom stereocenters. The highest BCUT2D eigenvalue weighted by Gasteiger charge is 2.27. The number of carbonyl (C=O) groups excluding carboxylic acids is 1. The largest absolute Gasteiger partial charge is 0.469 e. The maximum atomic E-state index is 11.1. The van der Waals surface area contributed by atoms with Crippen molar-refractivity contribution >= 4 is 5.97 Å². The lowest BCUT2D eigenvalue weighted by molar-refractivity contribution is -0.151. The van der Waals surface area contributed by atoms with Gasteiger partial charge in [0.2, 0.25) is 0 Å². The van der Waals surface area contributed by atoms with Crippen molar-refractivity contribution in [3.05, 3.63) is 6.92 Å². The average molecular weight is 157 g/mol. The molecule has 0 saturated heterocycles. The minimum absolute atomic E-state index is 0.133. The quantitative estimate of drug-likeness (QED) is 0.585. The second-order valence-corrected chi connectivity index (χ2v) is 3.33. The van der Waals surface area contributed by atoms with Gasteiger partial charge in [-0.2, -0.15) is 0 Å². The summed E-state index contributed by atoms with van der Waals surface area (Å²) >= 11 is 0. The third-order valence-corrected chi connectivity index (χ3v) is 1.79. The molecule has 11 heavy (non-hydrogen) atoms. The zero-order valence-corrected chi connectivity index (χ0v) is 7.64. The van der Waals surface area contributed by atoms with Crippen LogP contribution in [0.3, 0.4) is 0 Å². The number of rotatable bonds is 4. The first-order valence-electron chi connectivity index (χ1n) is 3.92. The highest BCUT2D eigenvalue weighted by atomic mass is 16.5. The van der Waals surface area contributed by atoms with Gasteiger partial charge in [0.1, 0.15) is 0 Å². The van der Waals surface area contributed by atoms with Crippen LogP contribution in [0, 0.1) is 12.3 Å². The van der Waals surface area contributed by atoms with Gasteiger partial charge in [0, 0.05) is 0 Å². The predicted molar refractivity (Wildman–Crippen MR) is 45.0 cm³/mol. The van der Waals surface area contributed by atoms with Gasteiger partial charge in [0.05, 0.1) is 12.5 Å². The van der Waals surface area contributed by atoms with Crippen LogP contribution in [0.25, 0.3) is 0 Å². The fourth-order valence-corrected chi connectivity index (χ4v) is 0.945. The van der Waals surface area contributed by atoms with E-state index in [2.05, 4.69) is 11.7 Å². The van der Waals surface area contributed by atoms with Gasteiger partial charge in [-0.1, -0.05) is 19.8 Å². The van der Waals surface area contributed by atoms with Gasteiger partial charge in [-0.25, -0.2) is 0 Å². The molecular weight excluding hydrogens is 140 g/mol. The first-order valence-corrected chi connectivity index (χ1v) is 3.92. The number of ether oxygens (including phenoxy) is 1. The van der Waals surface area contributed by atoms with E-state index in [1.165, 1.54) is 7.11 Å². The van der Waals surface area contributed by atoms with E-state index in [0.717, 1.165) is 19.3 Å². The van der Waals surface area contributed by atoms with Crippen LogP contribution in [0.15, 0.2) is 0 Å². The Balaban J connectivity index is 3.88. The van der Waals surface area contributed by atoms with Crippen molar-refractivity contribution in [1.29, 1.82) is 0 Å². The first kappa shape index (κ1) is 10.5. The monoisotopic (exact) mass is 157 g/mol. The Morgan fingerprint density at radius 2 is 2.09 bits per heavy atom. The summed E-state index contributed by atoms with van der Waals surface area (Å²) in [5.74, 6) is -0.133. The normalized spacial score (nSPS) is 11.3. The molecule has 0 saturated carbocycles. The maximum Gasteiger partial charge on any atom is 0.311 e. The molecule has 0 aromatic carbocycles. The summed E-state index contributed by atoms with van der Waals surface area (Å²) < 4.78 is 4.65. The Kier molecular flexibility index (Phi) is 4.16. The van der Waals surface area contributed by atoms with Crippen molar-refractivity contribution in [2.45, 2.75) is 33.1 Å². The molecule has 0 aromatic rings. The smallest absolute Gasteiger partial charge is 0.311 e. The molecule has 2 nitrogen and oxygen atoms in total. The molecule has 0 rings (SSSR count). The maximum absolute atomic E-state index is 11.1. The van der Waals surface area contributed by atoms with E-state index in [1.54, 1.807) is 0 Å². The number of carbonyl (C=O) groups is 1. The molecule has 0 fully saturated rings. The lowest BCUT2D eigenvalue weighted by Gasteiger charge is -2.20. The van der Waals surface area contributed by atoms with Crippen molar-refractivity contribution in [2.75, 3.05) is 7.11 Å². The fourth-order valence-electron chi connectivity index (χ4n) is 0.945. The molecule has 0 aliphatic rings. The molecule has 65 valence electrons. The Bertz CT molecular complexity index is 128. The Hall–Kier alpha value is -0.530. The summed E-state index contributed by atoms with van der Waals surface area (Å²) in [6.07, 6.45) is 2.70. The first-order chi connectivity index (χ1) is 5.04. The molecule has 1 radical (unpaired) electrons. The summed E-state index contributed by atoms with van der Waals surface area (Å²) in [4.78, 5) is 11.1. The summed E-state index contributed by atoms with van der Waals surface area (Å²) in [7, 11) is 1.42. The minimum atomic E-state index is -0.341. The van der Waals surface area contributed by atoms with E-state index in [4.69, 9.17) is 0 Å². The molecule has 0 bridgehead atoms. The summed E-state index contributed by atoms with van der Waals surface area (Å²) in [6, 6.07) is 0. The number of hydrogen-bond donors (Lipinski definition) is 0. The van der Waals surface area contributed by atoms with E-state index in [0.29, 0.717) is 0 Å². The van der Waals surface area contributed by atoms with Crippen molar-refractivity contribution in [3.8, 4) is 0 Å². The van der Waals surface area contributed by atoms with E-state index in [1.807, 2.05) is 13.8 Å². The van der Waals surface area contributed by atoms with Crippen LogP contribution < -0.4 is 0 Å². The van der Waals surface area contributed by atoms with Crippen molar-refractivity contribution in [1.82, 2.24) is 0 Å². The Morgan fingerprint density at radius 1 is 1.55 bits per heavy atom. The van der Waals surface area contributed by atoms with E-state index in [-0.39, 0.29) is 11.4 Å². The SMILES string of the molecule is [CH2]CCCC(C)(C)C(=O)OC. The Labute approximate surface area is 68.9 Å². The predicted octanol–water partition coefficient (Wildman–Crippen LogP) is 2.19. The van der Waals surface area contributed by atoms with Crippen molar-refractivity contribution < 1.29 is 9.53 Å². The summed E-state index contributed by atoms with van der Waals surface area (Å²) in [6.45, 7) is 7.52. The average Bonchev–Trinajstić information content (AvgIpc) is 1.99. The zero-order chi connectivity index (χ0) is 8.91. The van der Waals surface area contributed by atoms with Gasteiger partial charge in [0.15, 0.2) is 0 Å². The van der Waals surface area contributed by atoms with E-state index < -0.39 is 0 Å². The second kappa shape index (κ2) is 4.37. The molecule has 0 spiro atoms. The third kappa shape index (κ3) is 3.40. The van der Waals surface area contributed by atoms with Crippen LogP contribution in [-0.4, -0.2) is 13.1 Å². The van der Waals surface area contributed by atoms with Crippen LogP contribution in [0.4, 0.5) is 0 Å². The van der Waals surface area contributed by atoms with Crippen LogP contribution >= 0.6 is 0 Å². The molecule has 0 aromatic heterocycles. The molecular formula is C9H17O2. The van der Waals surface area contributed by atoms with E-state index >= 15 is 0 Å². The van der Waals surface area contributed by atoms with Crippen LogP contribution in [0.1, 0.15) is 33.1 Å². The summed E-state index contributed by atoms with van der Waals surface area (Å²) in [5, 5.41) is 0. The molecule has 0 aliphatic heterocycles. The molecule has 2 heteroatoms. The zero-order valence-electron chi connectivity index (χ0n) is 7.64. The molecule has 0 amide bonds. The van der Waals surface area contributed by atoms with Gasteiger partial charge in [-0.15, -0.1) is 0 Å². The lowest BCUT2D eigenvalue weighted by atomic mass is 9.87. The third-order valence-electron chi connectivity index (χ3n) is 1.79. The van der Waals surface area contributed by atoms with Crippen molar-refractivity contribution in [3.63, 3.8) is 0 Å². The topological polar surface area (TPSA) is 26.3 Å². The highest BCUT2D eigenvalue weighted by molar-refractivity contribution is 5.75. The fraction of sp³-hybridized carbons (Fsp3) is 0.778. The van der Waals surface area contributed by atoms with Gasteiger partial charge in [0.25, 0.3) is 0 Å². The van der Waals surface area contributed by atoms with Gasteiger partial charge >= 0.3 is 5.97 Å². The molecule has 0 N–H and O–H groups in total. The molecule has 0 heterocycles. The van der Waals surface area contributed by atoms with Gasteiger partial charge < -0.3 is 4.74 Å². The van der Waals surface area contributed by atoms with Gasteiger partial charge in [-0.3, -0.25) is 4.79 Å². The standard InChI is InChI=1S/C9H17O2/c1-5-6-7-9(2,3)8(10)11-4/h1,5-7H2,2-4H3. The van der Waals surface area contributed by atoms with E-state index in [9.17, 15) is 4.79 Å². The highest BCUT2D eigenvalue weighted by Crippen LogP contribution is 2.24. The number of unbranched alkanes of at least 4 members (excludes halogenated alkanes) is 1. The summed E-state index contributed by atoms with van der Waals surface area (Å²) in [5.41, 5.74) is -0.341. The van der Waals surface area contributed by atoms with Crippen molar-refractivity contribution in [2.24, 2.45) is 5.41 Å². The van der Waals surface area contributed by atoms with Crippen LogP contribution in [-0.2, 0) is 9.53 Å². The Morgan fingerprint density at radius 3 is 2.45 bits per heavy atom. The molecule has 0 unspecified atom stereocenters. The minimum Gasteiger partial charge on any atom is -0.469 e. The van der Waals surface area contributed by atoms with Gasteiger partial charge in [-0.05, 0) is 20.3 Å². The number of methoxy groups -OCH3 is 1. The van der Waals surface area contributed by atoms with Crippen LogP contribution in [0.5, 0.6) is 0 Å². The number of hydrogen-bond acceptors (Lipinski definition) is 2. The van der Waals surface area contributed by atoms with Crippen LogP contribution in [0.2, 0.25) is 0 Å². The second-order valence-electron chi connectivity index (χ2n) is 3.33. The number of esters is 1. The molecule has 0 aliphatic carbocycles.